The maximum Gasteiger partial charge on any atom is 0.240 e. The lowest BCUT2D eigenvalue weighted by atomic mass is 10.2. The van der Waals surface area contributed by atoms with Gasteiger partial charge in [-0.1, -0.05) is 0 Å². The molecule has 1 aliphatic rings. The van der Waals surface area contributed by atoms with Crippen LogP contribution in [0.3, 0.4) is 0 Å². The minimum absolute atomic E-state index is 0.0863. The molecule has 1 heterocycles. The fourth-order valence-electron chi connectivity index (χ4n) is 2.28. The molecule has 0 amide bonds. The molecule has 1 saturated heterocycles. The zero-order valence-electron chi connectivity index (χ0n) is 11.7. The fourth-order valence-corrected chi connectivity index (χ4v) is 4.32. The van der Waals surface area contributed by atoms with E-state index >= 15 is 0 Å². The van der Waals surface area contributed by atoms with E-state index in [0.29, 0.717) is 30.9 Å². The van der Waals surface area contributed by atoms with E-state index < -0.39 is 19.9 Å². The standard InChI is InChI=1S/C12H19N3O4S2/c1-14-21(18,19)10-3-4-12(11(13)9-10)15-5-2-7-20(16,17)8-6-15/h3-4,9,14H,2,5-8,13H2,1H3. The van der Waals surface area contributed by atoms with E-state index in [2.05, 4.69) is 4.72 Å². The minimum Gasteiger partial charge on any atom is -0.397 e. The van der Waals surface area contributed by atoms with E-state index in [4.69, 9.17) is 5.73 Å². The lowest BCUT2D eigenvalue weighted by Crippen LogP contribution is -2.27. The van der Waals surface area contributed by atoms with Crippen LogP contribution in [0.2, 0.25) is 0 Å². The summed E-state index contributed by atoms with van der Waals surface area (Å²) in [4.78, 5) is 1.98. The van der Waals surface area contributed by atoms with E-state index in [1.807, 2.05) is 4.90 Å². The van der Waals surface area contributed by atoms with Crippen molar-refractivity contribution in [2.24, 2.45) is 0 Å². The SMILES string of the molecule is CNS(=O)(=O)c1ccc(N2CCCS(=O)(=O)CC2)c(N)c1. The summed E-state index contributed by atoms with van der Waals surface area (Å²) in [6.07, 6.45) is 0.540. The number of nitrogens with one attached hydrogen (secondary N) is 1. The smallest absolute Gasteiger partial charge is 0.240 e. The Morgan fingerprint density at radius 2 is 1.95 bits per heavy atom. The van der Waals surface area contributed by atoms with Gasteiger partial charge >= 0.3 is 0 Å². The Labute approximate surface area is 125 Å². The molecule has 7 nitrogen and oxygen atoms in total. The molecule has 118 valence electrons. The Bertz CT molecular complexity index is 729. The van der Waals surface area contributed by atoms with Gasteiger partial charge in [0.15, 0.2) is 9.84 Å². The number of anilines is 2. The summed E-state index contributed by atoms with van der Waals surface area (Å²) in [6, 6.07) is 4.48. The van der Waals surface area contributed by atoms with E-state index in [1.165, 1.54) is 19.2 Å². The van der Waals surface area contributed by atoms with Crippen LogP contribution in [-0.4, -0.2) is 48.5 Å². The van der Waals surface area contributed by atoms with Gasteiger partial charge in [0, 0.05) is 13.1 Å². The van der Waals surface area contributed by atoms with Gasteiger partial charge in [0.1, 0.15) is 0 Å². The van der Waals surface area contributed by atoms with Gasteiger partial charge in [-0.25, -0.2) is 21.6 Å². The average Bonchev–Trinajstić information content (AvgIpc) is 2.60. The van der Waals surface area contributed by atoms with E-state index in [1.54, 1.807) is 6.07 Å². The van der Waals surface area contributed by atoms with E-state index in [-0.39, 0.29) is 16.4 Å². The lowest BCUT2D eigenvalue weighted by Gasteiger charge is -2.24. The highest BCUT2D eigenvalue weighted by atomic mass is 32.2. The third-order valence-electron chi connectivity index (χ3n) is 3.47. The molecule has 0 saturated carbocycles. The molecular formula is C12H19N3O4S2. The first-order chi connectivity index (χ1) is 9.75. The van der Waals surface area contributed by atoms with Gasteiger partial charge in [-0.05, 0) is 31.7 Å². The summed E-state index contributed by atoms with van der Waals surface area (Å²) in [6.45, 7) is 0.951. The van der Waals surface area contributed by atoms with E-state index in [9.17, 15) is 16.8 Å². The van der Waals surface area contributed by atoms with Gasteiger partial charge in [-0.3, -0.25) is 0 Å². The molecule has 2 rings (SSSR count). The van der Waals surface area contributed by atoms with Crippen molar-refractivity contribution in [3.8, 4) is 0 Å². The highest BCUT2D eigenvalue weighted by Crippen LogP contribution is 2.27. The monoisotopic (exact) mass is 333 g/mol. The van der Waals surface area contributed by atoms with Crippen LogP contribution in [0, 0.1) is 0 Å². The Morgan fingerprint density at radius 1 is 1.24 bits per heavy atom. The highest BCUT2D eigenvalue weighted by molar-refractivity contribution is 7.91. The number of hydrogen-bond donors (Lipinski definition) is 2. The van der Waals surface area contributed by atoms with Crippen LogP contribution in [0.4, 0.5) is 11.4 Å². The predicted octanol–water partition coefficient (Wildman–Crippen LogP) is -0.198. The Kier molecular flexibility index (Phi) is 4.45. The summed E-state index contributed by atoms with van der Waals surface area (Å²) in [7, 11) is -5.20. The number of rotatable bonds is 3. The summed E-state index contributed by atoms with van der Waals surface area (Å²) >= 11 is 0. The lowest BCUT2D eigenvalue weighted by molar-refractivity contribution is 0.588. The zero-order chi connectivity index (χ0) is 15.7. The van der Waals surface area contributed by atoms with Crippen LogP contribution < -0.4 is 15.4 Å². The highest BCUT2D eigenvalue weighted by Gasteiger charge is 2.21. The number of nitrogen functional groups attached to an aromatic ring is 1. The third-order valence-corrected chi connectivity index (χ3v) is 6.60. The number of hydrogen-bond acceptors (Lipinski definition) is 6. The molecule has 1 aromatic rings. The summed E-state index contributed by atoms with van der Waals surface area (Å²) in [5, 5.41) is 0. The molecule has 9 heteroatoms. The van der Waals surface area contributed by atoms with Crippen LogP contribution in [-0.2, 0) is 19.9 Å². The molecule has 0 radical (unpaired) electrons. The molecule has 21 heavy (non-hydrogen) atoms. The zero-order valence-corrected chi connectivity index (χ0v) is 13.4. The maximum atomic E-state index is 11.7. The minimum atomic E-state index is -3.54. The molecule has 0 aromatic heterocycles. The Balaban J connectivity index is 2.29. The maximum absolute atomic E-state index is 11.7. The van der Waals surface area contributed by atoms with Crippen molar-refractivity contribution in [3.63, 3.8) is 0 Å². The van der Waals surface area contributed by atoms with Crippen LogP contribution in [0.15, 0.2) is 23.1 Å². The van der Waals surface area contributed by atoms with Gasteiger partial charge in [0.2, 0.25) is 10.0 Å². The molecule has 1 aromatic carbocycles. The van der Waals surface area contributed by atoms with Crippen molar-refractivity contribution in [2.45, 2.75) is 11.3 Å². The summed E-state index contributed by atoms with van der Waals surface area (Å²) < 4.78 is 48.9. The van der Waals surface area contributed by atoms with Crippen molar-refractivity contribution in [1.29, 1.82) is 0 Å². The molecule has 1 fully saturated rings. The quantitative estimate of drug-likeness (QED) is 0.742. The Hall–Kier alpha value is -1.32. The molecule has 0 atom stereocenters. The van der Waals surface area contributed by atoms with Crippen molar-refractivity contribution in [2.75, 3.05) is 42.3 Å². The normalized spacial score (nSPS) is 19.2. The van der Waals surface area contributed by atoms with Crippen LogP contribution >= 0.6 is 0 Å². The second kappa shape index (κ2) is 5.82. The Morgan fingerprint density at radius 3 is 2.57 bits per heavy atom. The first kappa shape index (κ1) is 16.1. The third kappa shape index (κ3) is 3.66. The van der Waals surface area contributed by atoms with Crippen LogP contribution in [0.5, 0.6) is 0 Å². The molecular weight excluding hydrogens is 314 g/mol. The number of sulfonamides is 1. The van der Waals surface area contributed by atoms with Crippen molar-refractivity contribution < 1.29 is 16.8 Å². The molecule has 3 N–H and O–H groups in total. The number of benzene rings is 1. The average molecular weight is 333 g/mol. The first-order valence-electron chi connectivity index (χ1n) is 6.54. The van der Waals surface area contributed by atoms with Gasteiger partial charge in [0.25, 0.3) is 0 Å². The van der Waals surface area contributed by atoms with Crippen LogP contribution in [0.1, 0.15) is 6.42 Å². The summed E-state index contributed by atoms with van der Waals surface area (Å²) in [5.74, 6) is 0.263. The van der Waals surface area contributed by atoms with Gasteiger partial charge < -0.3 is 10.6 Å². The van der Waals surface area contributed by atoms with Crippen molar-refractivity contribution in [3.05, 3.63) is 18.2 Å². The van der Waals surface area contributed by atoms with Crippen LogP contribution in [0.25, 0.3) is 0 Å². The van der Waals surface area contributed by atoms with E-state index in [0.717, 1.165) is 0 Å². The van der Waals surface area contributed by atoms with Crippen molar-refractivity contribution in [1.82, 2.24) is 4.72 Å². The van der Waals surface area contributed by atoms with Crippen molar-refractivity contribution >= 4 is 31.2 Å². The first-order valence-corrected chi connectivity index (χ1v) is 9.84. The number of nitrogens with zero attached hydrogens (tertiary/aromatic N) is 1. The van der Waals surface area contributed by atoms with Gasteiger partial charge in [-0.15, -0.1) is 0 Å². The molecule has 0 bridgehead atoms. The molecule has 1 aliphatic heterocycles. The fraction of sp³-hybridized carbons (Fsp3) is 0.500. The largest absolute Gasteiger partial charge is 0.397 e. The predicted molar refractivity (Wildman–Crippen MR) is 82.6 cm³/mol. The van der Waals surface area contributed by atoms with Gasteiger partial charge in [0.05, 0.1) is 27.8 Å². The topological polar surface area (TPSA) is 110 Å². The summed E-state index contributed by atoms with van der Waals surface area (Å²) in [5.41, 5.74) is 6.93. The number of nitrogens with two attached hydrogens (primary N) is 1. The molecule has 0 spiro atoms. The molecule has 0 unspecified atom stereocenters. The second-order valence-electron chi connectivity index (χ2n) is 4.92. The molecule has 0 aliphatic carbocycles. The number of sulfone groups is 1. The second-order valence-corrected chi connectivity index (χ2v) is 9.11. The van der Waals surface area contributed by atoms with Gasteiger partial charge in [-0.2, -0.15) is 0 Å².